The van der Waals surface area contributed by atoms with Gasteiger partial charge in [-0.3, -0.25) is 14.4 Å². The van der Waals surface area contributed by atoms with Gasteiger partial charge in [0.05, 0.1) is 29.1 Å². The van der Waals surface area contributed by atoms with E-state index in [0.29, 0.717) is 41.8 Å². The van der Waals surface area contributed by atoms with Gasteiger partial charge in [-0.25, -0.2) is 5.06 Å². The second kappa shape index (κ2) is 10.1. The van der Waals surface area contributed by atoms with Crippen molar-refractivity contribution in [2.75, 3.05) is 19.7 Å². The summed E-state index contributed by atoms with van der Waals surface area (Å²) in [5, 5.41) is 2.17. The molecule has 7 heteroatoms. The van der Waals surface area contributed by atoms with E-state index in [-0.39, 0.29) is 17.7 Å². The lowest BCUT2D eigenvalue weighted by Gasteiger charge is -2.34. The number of carbonyl (C=O) groups excluding carboxylic acids is 2. The van der Waals surface area contributed by atoms with Crippen LogP contribution >= 0.6 is 23.2 Å². The van der Waals surface area contributed by atoms with Gasteiger partial charge in [-0.15, -0.1) is 0 Å². The van der Waals surface area contributed by atoms with Crippen LogP contribution in [0.25, 0.3) is 0 Å². The Balaban J connectivity index is 1.70. The molecule has 1 unspecified atom stereocenters. The Hall–Kier alpha value is -2.08. The molecule has 1 fully saturated rings. The van der Waals surface area contributed by atoms with Gasteiger partial charge in [0.1, 0.15) is 0 Å². The second-order valence-electron chi connectivity index (χ2n) is 7.00. The highest BCUT2D eigenvalue weighted by atomic mass is 35.5. The smallest absolute Gasteiger partial charge is 0.253 e. The standard InChI is InChI=1S/C22H24Cl2N2O3/c1-2-29-26(14-16-7-4-3-5-8-16)22(28)18-9-6-12-25(15-18)21(27)17-10-11-19(23)20(24)13-17/h3-5,7-8,10-11,13,18H,2,6,9,12,14-15H2,1H3. The first kappa shape index (κ1) is 21.6. The molecular weight excluding hydrogens is 411 g/mol. The van der Waals surface area contributed by atoms with E-state index >= 15 is 0 Å². The third-order valence-corrected chi connectivity index (χ3v) is 5.66. The number of hydroxylamine groups is 2. The summed E-state index contributed by atoms with van der Waals surface area (Å²) in [6.07, 6.45) is 1.48. The molecule has 5 nitrogen and oxygen atoms in total. The number of piperidine rings is 1. The quantitative estimate of drug-likeness (QED) is 0.611. The number of halogens is 2. The Kier molecular flexibility index (Phi) is 7.53. The normalized spacial score (nSPS) is 16.5. The van der Waals surface area contributed by atoms with Crippen LogP contribution in [0.2, 0.25) is 10.0 Å². The molecule has 0 aliphatic carbocycles. The maximum absolute atomic E-state index is 13.1. The summed E-state index contributed by atoms with van der Waals surface area (Å²) >= 11 is 12.0. The average Bonchev–Trinajstić information content (AvgIpc) is 2.75. The number of hydrogen-bond donors (Lipinski definition) is 0. The number of amides is 2. The number of nitrogens with zero attached hydrogens (tertiary/aromatic N) is 2. The van der Waals surface area contributed by atoms with Crippen molar-refractivity contribution in [3.8, 4) is 0 Å². The Labute approximate surface area is 181 Å². The van der Waals surface area contributed by atoms with Gasteiger partial charge in [0.25, 0.3) is 11.8 Å². The summed E-state index contributed by atoms with van der Waals surface area (Å²) in [7, 11) is 0. The summed E-state index contributed by atoms with van der Waals surface area (Å²) in [6, 6.07) is 14.6. The molecule has 2 amide bonds. The van der Waals surface area contributed by atoms with Crippen molar-refractivity contribution < 1.29 is 14.4 Å². The van der Waals surface area contributed by atoms with Gasteiger partial charge < -0.3 is 4.90 Å². The Morgan fingerprint density at radius 3 is 2.59 bits per heavy atom. The van der Waals surface area contributed by atoms with Crippen molar-refractivity contribution in [3.05, 3.63) is 69.7 Å². The van der Waals surface area contributed by atoms with Crippen LogP contribution in [0.1, 0.15) is 35.7 Å². The fraction of sp³-hybridized carbons (Fsp3) is 0.364. The van der Waals surface area contributed by atoms with Crippen molar-refractivity contribution in [2.24, 2.45) is 5.92 Å². The fourth-order valence-corrected chi connectivity index (χ4v) is 3.77. The number of carbonyl (C=O) groups is 2. The van der Waals surface area contributed by atoms with Gasteiger partial charge in [0.15, 0.2) is 0 Å². The highest BCUT2D eigenvalue weighted by Gasteiger charge is 2.32. The Morgan fingerprint density at radius 1 is 1.14 bits per heavy atom. The predicted octanol–water partition coefficient (Wildman–Crippen LogP) is 4.83. The summed E-state index contributed by atoms with van der Waals surface area (Å²) in [4.78, 5) is 33.3. The number of likely N-dealkylation sites (tertiary alicyclic amines) is 1. The molecule has 0 N–H and O–H groups in total. The van der Waals surface area contributed by atoms with Crippen LogP contribution in [0.5, 0.6) is 0 Å². The van der Waals surface area contributed by atoms with E-state index in [0.717, 1.165) is 18.4 Å². The fourth-order valence-electron chi connectivity index (χ4n) is 3.47. The van der Waals surface area contributed by atoms with E-state index < -0.39 is 0 Å². The summed E-state index contributed by atoms with van der Waals surface area (Å²) < 4.78 is 0. The molecule has 3 rings (SSSR count). The van der Waals surface area contributed by atoms with E-state index in [9.17, 15) is 9.59 Å². The molecular formula is C22H24Cl2N2O3. The first-order valence-electron chi connectivity index (χ1n) is 9.72. The summed E-state index contributed by atoms with van der Waals surface area (Å²) in [5.74, 6) is -0.542. The summed E-state index contributed by atoms with van der Waals surface area (Å²) in [5.41, 5.74) is 1.47. The van der Waals surface area contributed by atoms with E-state index in [4.69, 9.17) is 28.0 Å². The summed E-state index contributed by atoms with van der Waals surface area (Å²) in [6.45, 7) is 3.60. The minimum atomic E-state index is -0.300. The molecule has 2 aromatic carbocycles. The number of rotatable bonds is 6. The first-order chi connectivity index (χ1) is 14.0. The molecule has 0 saturated carbocycles. The van der Waals surface area contributed by atoms with E-state index in [2.05, 4.69) is 0 Å². The molecule has 1 atom stereocenters. The van der Waals surface area contributed by atoms with Gasteiger partial charge in [0.2, 0.25) is 0 Å². The van der Waals surface area contributed by atoms with Gasteiger partial charge in [-0.05, 0) is 43.5 Å². The molecule has 1 aliphatic rings. The molecule has 154 valence electrons. The topological polar surface area (TPSA) is 49.9 Å². The van der Waals surface area contributed by atoms with E-state index in [1.807, 2.05) is 37.3 Å². The van der Waals surface area contributed by atoms with Crippen LogP contribution in [0.3, 0.4) is 0 Å². The highest BCUT2D eigenvalue weighted by molar-refractivity contribution is 6.42. The van der Waals surface area contributed by atoms with Crippen molar-refractivity contribution in [1.82, 2.24) is 9.96 Å². The third-order valence-electron chi connectivity index (χ3n) is 4.92. The van der Waals surface area contributed by atoms with Crippen molar-refractivity contribution in [3.63, 3.8) is 0 Å². The molecule has 2 aromatic rings. The van der Waals surface area contributed by atoms with Crippen LogP contribution in [0.15, 0.2) is 48.5 Å². The first-order valence-corrected chi connectivity index (χ1v) is 10.5. The third kappa shape index (κ3) is 5.50. The van der Waals surface area contributed by atoms with Crippen LogP contribution < -0.4 is 0 Å². The average molecular weight is 435 g/mol. The maximum atomic E-state index is 13.1. The van der Waals surface area contributed by atoms with Crippen molar-refractivity contribution >= 4 is 35.0 Å². The lowest BCUT2D eigenvalue weighted by Crippen LogP contribution is -2.46. The minimum absolute atomic E-state index is 0.0951. The molecule has 1 heterocycles. The lowest BCUT2D eigenvalue weighted by atomic mass is 9.96. The SMILES string of the molecule is CCON(Cc1ccccc1)C(=O)C1CCCN(C(=O)c2ccc(Cl)c(Cl)c2)C1. The molecule has 29 heavy (non-hydrogen) atoms. The number of benzene rings is 2. The van der Waals surface area contributed by atoms with E-state index in [1.165, 1.54) is 5.06 Å². The van der Waals surface area contributed by atoms with Crippen molar-refractivity contribution in [1.29, 1.82) is 0 Å². The lowest BCUT2D eigenvalue weighted by molar-refractivity contribution is -0.194. The van der Waals surface area contributed by atoms with E-state index in [1.54, 1.807) is 23.1 Å². The zero-order chi connectivity index (χ0) is 20.8. The van der Waals surface area contributed by atoms with Gasteiger partial charge in [-0.2, -0.15) is 0 Å². The van der Waals surface area contributed by atoms with Gasteiger partial charge in [-0.1, -0.05) is 53.5 Å². The van der Waals surface area contributed by atoms with Gasteiger partial charge >= 0.3 is 0 Å². The molecule has 0 bridgehead atoms. The van der Waals surface area contributed by atoms with Gasteiger partial charge in [0, 0.05) is 18.7 Å². The second-order valence-corrected chi connectivity index (χ2v) is 7.81. The zero-order valence-corrected chi connectivity index (χ0v) is 17.8. The molecule has 0 aromatic heterocycles. The largest absolute Gasteiger partial charge is 0.338 e. The molecule has 1 saturated heterocycles. The molecule has 0 radical (unpaired) electrons. The Bertz CT molecular complexity index is 860. The highest BCUT2D eigenvalue weighted by Crippen LogP contribution is 2.26. The minimum Gasteiger partial charge on any atom is -0.338 e. The Morgan fingerprint density at radius 2 is 1.90 bits per heavy atom. The van der Waals surface area contributed by atoms with Crippen molar-refractivity contribution in [2.45, 2.75) is 26.3 Å². The van der Waals surface area contributed by atoms with Crippen LogP contribution in [0, 0.1) is 5.92 Å². The predicted molar refractivity (Wildman–Crippen MR) is 114 cm³/mol. The maximum Gasteiger partial charge on any atom is 0.253 e. The zero-order valence-electron chi connectivity index (χ0n) is 16.3. The molecule has 1 aliphatic heterocycles. The van der Waals surface area contributed by atoms with Crippen LogP contribution in [-0.4, -0.2) is 41.5 Å². The monoisotopic (exact) mass is 434 g/mol. The van der Waals surface area contributed by atoms with Crippen LogP contribution in [-0.2, 0) is 16.2 Å². The molecule has 0 spiro atoms. The number of hydrogen-bond acceptors (Lipinski definition) is 3. The van der Waals surface area contributed by atoms with Crippen LogP contribution in [0.4, 0.5) is 0 Å².